The second kappa shape index (κ2) is 11.2. The molecule has 1 atom stereocenters. The predicted molar refractivity (Wildman–Crippen MR) is 157 cm³/mol. The molecular weight excluding hydrogens is 530 g/mol. The molecule has 0 N–H and O–H groups in total. The van der Waals surface area contributed by atoms with Gasteiger partial charge in [-0.25, -0.2) is 9.78 Å². The molecule has 0 amide bonds. The van der Waals surface area contributed by atoms with Gasteiger partial charge in [0.25, 0.3) is 0 Å². The molecule has 0 bridgehead atoms. The summed E-state index contributed by atoms with van der Waals surface area (Å²) >= 11 is 0. The molecule has 0 aliphatic carbocycles. The van der Waals surface area contributed by atoms with Gasteiger partial charge in [-0.2, -0.15) is 10.4 Å². The summed E-state index contributed by atoms with van der Waals surface area (Å²) in [6, 6.07) is 16.3. The van der Waals surface area contributed by atoms with Gasteiger partial charge in [0.15, 0.2) is 5.82 Å². The quantitative estimate of drug-likeness (QED) is 0.309. The van der Waals surface area contributed by atoms with Gasteiger partial charge in [-0.1, -0.05) is 6.07 Å². The Labute approximate surface area is 245 Å². The highest BCUT2D eigenvalue weighted by molar-refractivity contribution is 5.93. The average molecular weight is 566 g/mol. The number of nitriles is 1. The highest BCUT2D eigenvalue weighted by atomic mass is 16.5. The first-order valence-electron chi connectivity index (χ1n) is 14.8. The van der Waals surface area contributed by atoms with Gasteiger partial charge in [-0.3, -0.25) is 9.58 Å². The summed E-state index contributed by atoms with van der Waals surface area (Å²) in [6.07, 6.45) is 6.35. The number of carbonyl (C=O) groups is 1. The van der Waals surface area contributed by atoms with Gasteiger partial charge in [0.1, 0.15) is 5.82 Å². The fourth-order valence-electron chi connectivity index (χ4n) is 6.44. The number of piperidine rings is 1. The van der Waals surface area contributed by atoms with Crippen molar-refractivity contribution in [2.75, 3.05) is 38.3 Å². The van der Waals surface area contributed by atoms with E-state index in [0.717, 1.165) is 94.2 Å². The van der Waals surface area contributed by atoms with Crippen LogP contribution in [0.25, 0.3) is 11.0 Å². The maximum atomic E-state index is 12.2. The Bertz CT molecular complexity index is 1660. The number of hydrogen-bond acceptors (Lipinski definition) is 8. The fourth-order valence-corrected chi connectivity index (χ4v) is 6.44. The summed E-state index contributed by atoms with van der Waals surface area (Å²) < 4.78 is 15.1. The van der Waals surface area contributed by atoms with Gasteiger partial charge >= 0.3 is 5.97 Å². The van der Waals surface area contributed by atoms with Crippen molar-refractivity contribution < 1.29 is 14.3 Å². The number of benzene rings is 2. The predicted octanol–water partition coefficient (Wildman–Crippen LogP) is 4.08. The Balaban J connectivity index is 1.02. The molecule has 2 aromatic carbocycles. The van der Waals surface area contributed by atoms with Gasteiger partial charge in [0, 0.05) is 45.0 Å². The van der Waals surface area contributed by atoms with E-state index in [-0.39, 0.29) is 12.1 Å². The van der Waals surface area contributed by atoms with Crippen LogP contribution < -0.4 is 4.90 Å². The summed E-state index contributed by atoms with van der Waals surface area (Å²) in [4.78, 5) is 21.9. The van der Waals surface area contributed by atoms with E-state index in [1.54, 1.807) is 6.07 Å². The molecular formula is C32H35N7O3. The molecule has 0 spiro atoms. The molecule has 216 valence electrons. The molecule has 10 nitrogen and oxygen atoms in total. The van der Waals surface area contributed by atoms with Crippen LogP contribution >= 0.6 is 0 Å². The zero-order valence-electron chi connectivity index (χ0n) is 23.9. The number of aromatic nitrogens is 4. The van der Waals surface area contributed by atoms with Crippen LogP contribution in [0.5, 0.6) is 0 Å². The third kappa shape index (κ3) is 5.14. The standard InChI is InChI=1S/C32H35N7O3/c1-41-32(40)24-4-5-28-29(17-24)38(20-27-10-15-42-27)31(34-28)21-36-11-7-26(8-12-36)39-14-9-30(35-39)37-13-6-23-3-2-22(18-33)16-25(23)19-37/h2-5,9,14,16-17,26-27H,6-8,10-13,15,19-21H2,1H3/t27-/m0/s1. The van der Waals surface area contributed by atoms with Crippen LogP contribution in [0.4, 0.5) is 5.82 Å². The SMILES string of the molecule is COC(=O)c1ccc2nc(CN3CCC(n4ccc(N5CCc6ccc(C#N)cc6C5)n4)CC3)n(C[C@@H]3CCO3)c2c1. The lowest BCUT2D eigenvalue weighted by atomic mass is 9.98. The molecule has 7 rings (SSSR count). The number of methoxy groups -OCH3 is 1. The Kier molecular flexibility index (Phi) is 7.14. The van der Waals surface area contributed by atoms with Crippen LogP contribution in [0.15, 0.2) is 48.7 Å². The molecule has 0 unspecified atom stereocenters. The minimum atomic E-state index is -0.340. The van der Waals surface area contributed by atoms with Crippen molar-refractivity contribution in [2.24, 2.45) is 0 Å². The van der Waals surface area contributed by atoms with Crippen molar-refractivity contribution in [3.05, 3.63) is 76.7 Å². The van der Waals surface area contributed by atoms with Crippen molar-refractivity contribution in [2.45, 2.75) is 57.5 Å². The first-order chi connectivity index (χ1) is 20.6. The maximum Gasteiger partial charge on any atom is 0.337 e. The maximum absolute atomic E-state index is 12.2. The van der Waals surface area contributed by atoms with Crippen molar-refractivity contribution >= 4 is 22.8 Å². The summed E-state index contributed by atoms with van der Waals surface area (Å²) in [7, 11) is 1.41. The molecule has 2 saturated heterocycles. The van der Waals surface area contributed by atoms with Gasteiger partial charge in [-0.15, -0.1) is 0 Å². The van der Waals surface area contributed by atoms with Crippen LogP contribution in [0.1, 0.15) is 58.2 Å². The minimum Gasteiger partial charge on any atom is -0.465 e. The van der Waals surface area contributed by atoms with E-state index in [2.05, 4.69) is 43.4 Å². The third-order valence-electron chi connectivity index (χ3n) is 8.99. The van der Waals surface area contributed by atoms with Gasteiger partial charge in [-0.05, 0) is 67.1 Å². The Morgan fingerprint density at radius 2 is 1.95 bits per heavy atom. The Hall–Kier alpha value is -4.20. The van der Waals surface area contributed by atoms with Crippen molar-refractivity contribution in [1.82, 2.24) is 24.2 Å². The lowest BCUT2D eigenvalue weighted by Crippen LogP contribution is -2.36. The zero-order chi connectivity index (χ0) is 28.6. The van der Waals surface area contributed by atoms with E-state index in [1.807, 2.05) is 24.3 Å². The summed E-state index contributed by atoms with van der Waals surface area (Å²) in [6.45, 7) is 5.94. The zero-order valence-corrected chi connectivity index (χ0v) is 23.9. The second-order valence-corrected chi connectivity index (χ2v) is 11.5. The van der Waals surface area contributed by atoms with Crippen LogP contribution in [0, 0.1) is 11.3 Å². The average Bonchev–Trinajstić information content (AvgIpc) is 3.63. The molecule has 5 heterocycles. The lowest BCUT2D eigenvalue weighted by Gasteiger charge is -2.33. The van der Waals surface area contributed by atoms with E-state index in [1.165, 1.54) is 18.2 Å². The van der Waals surface area contributed by atoms with Gasteiger partial charge in [0.05, 0.1) is 60.6 Å². The number of hydrogen-bond donors (Lipinski definition) is 0. The molecule has 42 heavy (non-hydrogen) atoms. The van der Waals surface area contributed by atoms with E-state index < -0.39 is 0 Å². The monoisotopic (exact) mass is 565 g/mol. The van der Waals surface area contributed by atoms with Crippen molar-refractivity contribution in [3.63, 3.8) is 0 Å². The van der Waals surface area contributed by atoms with E-state index in [0.29, 0.717) is 17.2 Å². The van der Waals surface area contributed by atoms with E-state index >= 15 is 0 Å². The largest absolute Gasteiger partial charge is 0.465 e. The third-order valence-corrected chi connectivity index (χ3v) is 8.99. The number of ether oxygens (including phenoxy) is 2. The fraction of sp³-hybridized carbons (Fsp3) is 0.438. The molecule has 2 fully saturated rings. The summed E-state index contributed by atoms with van der Waals surface area (Å²) in [5.74, 6) is 1.67. The number of carbonyl (C=O) groups excluding carboxylic acids is 1. The molecule has 2 aromatic heterocycles. The molecule has 4 aromatic rings. The smallest absolute Gasteiger partial charge is 0.337 e. The Morgan fingerprint density at radius 1 is 1.10 bits per heavy atom. The van der Waals surface area contributed by atoms with Crippen LogP contribution in [-0.4, -0.2) is 69.7 Å². The number of nitrogens with zero attached hydrogens (tertiary/aromatic N) is 7. The van der Waals surface area contributed by atoms with Crippen molar-refractivity contribution in [1.29, 1.82) is 5.26 Å². The van der Waals surface area contributed by atoms with E-state index in [9.17, 15) is 10.1 Å². The molecule has 3 aliphatic rings. The Morgan fingerprint density at radius 3 is 2.71 bits per heavy atom. The number of rotatable bonds is 7. The summed E-state index contributed by atoms with van der Waals surface area (Å²) in [5.41, 5.74) is 5.64. The normalized spacial score (nSPS) is 19.3. The first kappa shape index (κ1) is 26.7. The summed E-state index contributed by atoms with van der Waals surface area (Å²) in [5, 5.41) is 14.3. The lowest BCUT2D eigenvalue weighted by molar-refractivity contribution is -0.0592. The van der Waals surface area contributed by atoms with Crippen LogP contribution in [-0.2, 0) is 35.5 Å². The number of imidazole rings is 1. The number of likely N-dealkylation sites (tertiary alicyclic amines) is 1. The molecule has 0 radical (unpaired) electrons. The van der Waals surface area contributed by atoms with Crippen LogP contribution in [0.2, 0.25) is 0 Å². The van der Waals surface area contributed by atoms with Gasteiger partial charge in [0.2, 0.25) is 0 Å². The van der Waals surface area contributed by atoms with Gasteiger partial charge < -0.3 is 18.9 Å². The molecule has 10 heteroatoms. The minimum absolute atomic E-state index is 0.185. The number of anilines is 1. The number of esters is 1. The van der Waals surface area contributed by atoms with Crippen LogP contribution in [0.3, 0.4) is 0 Å². The second-order valence-electron chi connectivity index (χ2n) is 11.5. The highest BCUT2D eigenvalue weighted by Gasteiger charge is 2.27. The molecule has 3 aliphatic heterocycles. The highest BCUT2D eigenvalue weighted by Crippen LogP contribution is 2.29. The topological polar surface area (TPSA) is 101 Å². The molecule has 0 saturated carbocycles. The number of fused-ring (bicyclic) bond motifs is 2. The van der Waals surface area contributed by atoms with Crippen molar-refractivity contribution in [3.8, 4) is 6.07 Å². The van der Waals surface area contributed by atoms with E-state index in [4.69, 9.17) is 19.6 Å². The first-order valence-corrected chi connectivity index (χ1v) is 14.8.